The monoisotopic (exact) mass is 195 g/mol. The number of rotatable bonds is 3. The molecular weight excluding hydrogens is 178 g/mol. The number of hydrogen-bond donors (Lipinski definition) is 1. The molecule has 1 unspecified atom stereocenters. The predicted molar refractivity (Wildman–Crippen MR) is 53.9 cm³/mol. The highest BCUT2D eigenvalue weighted by molar-refractivity contribution is 5.05. The van der Waals surface area contributed by atoms with Crippen molar-refractivity contribution in [1.82, 2.24) is 9.88 Å². The molecule has 0 spiro atoms. The second-order valence-electron chi connectivity index (χ2n) is 3.84. The van der Waals surface area contributed by atoms with E-state index in [1.54, 1.807) is 6.26 Å². The molecule has 1 fully saturated rings. The molecule has 14 heavy (non-hydrogen) atoms. The van der Waals surface area contributed by atoms with E-state index in [0.717, 1.165) is 24.6 Å². The van der Waals surface area contributed by atoms with Crippen LogP contribution in [0.2, 0.25) is 0 Å². The van der Waals surface area contributed by atoms with Crippen LogP contribution in [0, 0.1) is 0 Å². The van der Waals surface area contributed by atoms with Gasteiger partial charge in [-0.3, -0.25) is 4.90 Å². The van der Waals surface area contributed by atoms with Gasteiger partial charge in [-0.1, -0.05) is 0 Å². The molecule has 1 aliphatic rings. The van der Waals surface area contributed by atoms with E-state index in [1.807, 2.05) is 0 Å². The van der Waals surface area contributed by atoms with E-state index in [2.05, 4.69) is 16.9 Å². The zero-order valence-electron chi connectivity index (χ0n) is 8.57. The van der Waals surface area contributed by atoms with Gasteiger partial charge in [-0.15, -0.1) is 0 Å². The summed E-state index contributed by atoms with van der Waals surface area (Å²) in [5.74, 6) is 0.766. The largest absolute Gasteiger partial charge is 0.449 e. The first-order chi connectivity index (χ1) is 6.81. The van der Waals surface area contributed by atoms with Crippen molar-refractivity contribution in [2.75, 3.05) is 20.1 Å². The summed E-state index contributed by atoms with van der Waals surface area (Å²) in [6.45, 7) is 1.75. The van der Waals surface area contributed by atoms with Crippen molar-refractivity contribution in [2.45, 2.75) is 25.3 Å². The van der Waals surface area contributed by atoms with Crippen molar-refractivity contribution in [3.8, 4) is 0 Å². The molecule has 0 aliphatic carbocycles. The summed E-state index contributed by atoms with van der Waals surface area (Å²) in [5, 5.41) is 0. The van der Waals surface area contributed by atoms with Gasteiger partial charge in [-0.2, -0.15) is 0 Å². The Bertz CT molecular complexity index is 297. The molecule has 0 bridgehead atoms. The molecule has 4 heteroatoms. The quantitative estimate of drug-likeness (QED) is 0.780. The van der Waals surface area contributed by atoms with E-state index in [-0.39, 0.29) is 0 Å². The van der Waals surface area contributed by atoms with E-state index >= 15 is 0 Å². The maximum atomic E-state index is 5.44. The molecule has 0 radical (unpaired) electrons. The lowest BCUT2D eigenvalue weighted by molar-refractivity contribution is 0.311. The van der Waals surface area contributed by atoms with Crippen LogP contribution in [0.4, 0.5) is 0 Å². The fourth-order valence-corrected chi connectivity index (χ4v) is 2.00. The Hall–Kier alpha value is -0.870. The highest BCUT2D eigenvalue weighted by Gasteiger charge is 2.25. The topological polar surface area (TPSA) is 55.3 Å². The molecule has 1 saturated heterocycles. The van der Waals surface area contributed by atoms with Crippen molar-refractivity contribution in [1.29, 1.82) is 0 Å². The van der Waals surface area contributed by atoms with Crippen molar-refractivity contribution in [2.24, 2.45) is 5.73 Å². The number of nitrogens with two attached hydrogens (primary N) is 1. The molecule has 4 nitrogen and oxygen atoms in total. The Morgan fingerprint density at radius 1 is 1.71 bits per heavy atom. The summed E-state index contributed by atoms with van der Waals surface area (Å²) in [4.78, 5) is 6.77. The molecule has 1 atom stereocenters. The minimum atomic E-state index is 0.449. The minimum absolute atomic E-state index is 0.449. The van der Waals surface area contributed by atoms with Crippen LogP contribution in [-0.2, 0) is 6.42 Å². The highest BCUT2D eigenvalue weighted by atomic mass is 16.3. The molecule has 1 aromatic heterocycles. The summed E-state index contributed by atoms with van der Waals surface area (Å²) in [6.07, 6.45) is 4.94. The normalized spacial score (nSPS) is 23.1. The smallest absolute Gasteiger partial charge is 0.195 e. The summed E-state index contributed by atoms with van der Waals surface area (Å²) in [7, 11) is 2.13. The molecular formula is C10H17N3O. The predicted octanol–water partition coefficient (Wildman–Crippen LogP) is 0.942. The Balaban J connectivity index is 2.08. The fourth-order valence-electron chi connectivity index (χ4n) is 2.00. The summed E-state index contributed by atoms with van der Waals surface area (Å²) < 4.78 is 5.35. The second kappa shape index (κ2) is 4.11. The molecule has 1 aliphatic heterocycles. The zero-order chi connectivity index (χ0) is 9.97. The maximum Gasteiger partial charge on any atom is 0.195 e. The van der Waals surface area contributed by atoms with Gasteiger partial charge in [0.15, 0.2) is 5.89 Å². The Labute approximate surface area is 84.1 Å². The van der Waals surface area contributed by atoms with Gasteiger partial charge in [0.25, 0.3) is 0 Å². The molecule has 1 aromatic rings. The summed E-state index contributed by atoms with van der Waals surface area (Å²) in [6, 6.07) is 0.449. The van der Waals surface area contributed by atoms with Crippen LogP contribution < -0.4 is 5.73 Å². The van der Waals surface area contributed by atoms with Crippen molar-refractivity contribution in [3.63, 3.8) is 0 Å². The van der Waals surface area contributed by atoms with Crippen LogP contribution in [0.25, 0.3) is 0 Å². The van der Waals surface area contributed by atoms with Crippen molar-refractivity contribution < 1.29 is 4.42 Å². The Morgan fingerprint density at radius 2 is 2.57 bits per heavy atom. The molecule has 0 saturated carbocycles. The van der Waals surface area contributed by atoms with Gasteiger partial charge < -0.3 is 10.2 Å². The molecule has 0 amide bonds. The molecule has 2 N–H and O–H groups in total. The lowest BCUT2D eigenvalue weighted by Crippen LogP contribution is -2.17. The van der Waals surface area contributed by atoms with Gasteiger partial charge in [0.2, 0.25) is 0 Å². The van der Waals surface area contributed by atoms with E-state index in [4.69, 9.17) is 10.2 Å². The first kappa shape index (κ1) is 9.68. The standard InChI is InChI=1S/C10H17N3O/c1-13-6-2-3-9(13)8-7-14-10(12-8)4-5-11/h7,9H,2-6,11H2,1H3. The van der Waals surface area contributed by atoms with E-state index in [1.165, 1.54) is 12.8 Å². The van der Waals surface area contributed by atoms with Crippen LogP contribution in [0.15, 0.2) is 10.7 Å². The van der Waals surface area contributed by atoms with Gasteiger partial charge in [-0.25, -0.2) is 4.98 Å². The number of hydrogen-bond acceptors (Lipinski definition) is 4. The third kappa shape index (κ3) is 1.81. The fraction of sp³-hybridized carbons (Fsp3) is 0.700. The van der Waals surface area contributed by atoms with Gasteiger partial charge >= 0.3 is 0 Å². The highest BCUT2D eigenvalue weighted by Crippen LogP contribution is 2.29. The first-order valence-corrected chi connectivity index (χ1v) is 5.16. The van der Waals surface area contributed by atoms with Crippen LogP contribution in [0.1, 0.15) is 30.5 Å². The third-order valence-electron chi connectivity index (χ3n) is 2.79. The molecule has 0 aromatic carbocycles. The maximum absolute atomic E-state index is 5.44. The Kier molecular flexibility index (Phi) is 2.84. The zero-order valence-corrected chi connectivity index (χ0v) is 8.57. The summed E-state index contributed by atoms with van der Waals surface area (Å²) in [5.41, 5.74) is 6.50. The average Bonchev–Trinajstić information content (AvgIpc) is 2.74. The Morgan fingerprint density at radius 3 is 3.21 bits per heavy atom. The minimum Gasteiger partial charge on any atom is -0.449 e. The summed E-state index contributed by atoms with van der Waals surface area (Å²) >= 11 is 0. The first-order valence-electron chi connectivity index (χ1n) is 5.16. The van der Waals surface area contributed by atoms with Crippen LogP contribution in [-0.4, -0.2) is 30.0 Å². The van der Waals surface area contributed by atoms with E-state index in [0.29, 0.717) is 12.6 Å². The van der Waals surface area contributed by atoms with Gasteiger partial charge in [-0.05, 0) is 26.4 Å². The van der Waals surface area contributed by atoms with Crippen LogP contribution in [0.5, 0.6) is 0 Å². The molecule has 2 heterocycles. The van der Waals surface area contributed by atoms with Gasteiger partial charge in [0.05, 0.1) is 11.7 Å². The number of oxazole rings is 1. The number of aromatic nitrogens is 1. The number of likely N-dealkylation sites (tertiary alicyclic amines) is 1. The molecule has 78 valence electrons. The van der Waals surface area contributed by atoms with Gasteiger partial charge in [0.1, 0.15) is 6.26 Å². The average molecular weight is 195 g/mol. The SMILES string of the molecule is CN1CCCC1c1coc(CCN)n1. The number of nitrogens with zero attached hydrogens (tertiary/aromatic N) is 2. The van der Waals surface area contributed by atoms with Crippen molar-refractivity contribution in [3.05, 3.63) is 17.8 Å². The third-order valence-corrected chi connectivity index (χ3v) is 2.79. The van der Waals surface area contributed by atoms with Crippen molar-refractivity contribution >= 4 is 0 Å². The van der Waals surface area contributed by atoms with Crippen LogP contribution in [0.3, 0.4) is 0 Å². The molecule has 2 rings (SSSR count). The van der Waals surface area contributed by atoms with E-state index in [9.17, 15) is 0 Å². The lowest BCUT2D eigenvalue weighted by Gasteiger charge is -2.15. The van der Waals surface area contributed by atoms with Gasteiger partial charge in [0, 0.05) is 13.0 Å². The van der Waals surface area contributed by atoms with Crippen LogP contribution >= 0.6 is 0 Å². The van der Waals surface area contributed by atoms with E-state index < -0.39 is 0 Å². The second-order valence-corrected chi connectivity index (χ2v) is 3.84. The lowest BCUT2D eigenvalue weighted by atomic mass is 10.2.